The molecule has 0 radical (unpaired) electrons. The SMILES string of the molecule is O=C(Nc1nc(CC(=O)N2CCCC2C(=O)O)cs1)c1cccs1. The van der Waals surface area contributed by atoms with Crippen molar-refractivity contribution in [2.75, 3.05) is 11.9 Å². The molecule has 1 aliphatic rings. The minimum atomic E-state index is -0.969. The van der Waals surface area contributed by atoms with Crippen LogP contribution in [0.4, 0.5) is 5.13 Å². The average molecular weight is 365 g/mol. The monoisotopic (exact) mass is 365 g/mol. The zero-order chi connectivity index (χ0) is 17.1. The molecule has 126 valence electrons. The number of carboxylic acids is 1. The van der Waals surface area contributed by atoms with Gasteiger partial charge in [-0.15, -0.1) is 22.7 Å². The fourth-order valence-electron chi connectivity index (χ4n) is 2.59. The van der Waals surface area contributed by atoms with Gasteiger partial charge < -0.3 is 10.0 Å². The first-order chi connectivity index (χ1) is 11.5. The number of hydrogen-bond acceptors (Lipinski definition) is 6. The zero-order valence-corrected chi connectivity index (χ0v) is 14.2. The Balaban J connectivity index is 1.60. The Labute approximate surface area is 145 Å². The lowest BCUT2D eigenvalue weighted by Gasteiger charge is -2.20. The highest BCUT2D eigenvalue weighted by atomic mass is 32.1. The van der Waals surface area contributed by atoms with E-state index < -0.39 is 12.0 Å². The van der Waals surface area contributed by atoms with Crippen molar-refractivity contribution in [2.24, 2.45) is 0 Å². The number of aromatic nitrogens is 1. The molecule has 0 spiro atoms. The van der Waals surface area contributed by atoms with E-state index in [2.05, 4.69) is 10.3 Å². The molecular formula is C15H15N3O4S2. The fraction of sp³-hybridized carbons (Fsp3) is 0.333. The number of carbonyl (C=O) groups is 3. The maximum Gasteiger partial charge on any atom is 0.326 e. The van der Waals surface area contributed by atoms with Gasteiger partial charge in [-0.25, -0.2) is 9.78 Å². The second-order valence-electron chi connectivity index (χ2n) is 5.34. The van der Waals surface area contributed by atoms with E-state index in [4.69, 9.17) is 5.11 Å². The summed E-state index contributed by atoms with van der Waals surface area (Å²) in [5, 5.41) is 15.8. The number of nitrogens with one attached hydrogen (secondary N) is 1. The Kier molecular flexibility index (Phi) is 4.91. The Morgan fingerprint density at radius 2 is 2.21 bits per heavy atom. The van der Waals surface area contributed by atoms with Crippen LogP contribution in [0.3, 0.4) is 0 Å². The fourth-order valence-corrected chi connectivity index (χ4v) is 3.91. The lowest BCUT2D eigenvalue weighted by molar-refractivity contribution is -0.148. The molecule has 0 aromatic carbocycles. The van der Waals surface area contributed by atoms with Crippen molar-refractivity contribution in [3.05, 3.63) is 33.5 Å². The Morgan fingerprint density at radius 3 is 2.92 bits per heavy atom. The predicted octanol–water partition coefficient (Wildman–Crippen LogP) is 2.08. The second kappa shape index (κ2) is 7.10. The molecule has 0 saturated carbocycles. The van der Waals surface area contributed by atoms with Gasteiger partial charge in [0, 0.05) is 11.9 Å². The van der Waals surface area contributed by atoms with E-state index in [1.165, 1.54) is 27.6 Å². The molecule has 2 aromatic heterocycles. The van der Waals surface area contributed by atoms with E-state index in [-0.39, 0.29) is 18.2 Å². The van der Waals surface area contributed by atoms with Gasteiger partial charge >= 0.3 is 5.97 Å². The van der Waals surface area contributed by atoms with Crippen LogP contribution in [-0.4, -0.2) is 45.4 Å². The van der Waals surface area contributed by atoms with Crippen LogP contribution in [0.1, 0.15) is 28.2 Å². The van der Waals surface area contributed by atoms with E-state index in [1.807, 2.05) is 5.38 Å². The number of nitrogens with zero attached hydrogens (tertiary/aromatic N) is 2. The molecule has 1 aliphatic heterocycles. The zero-order valence-electron chi connectivity index (χ0n) is 12.6. The quantitative estimate of drug-likeness (QED) is 0.845. The van der Waals surface area contributed by atoms with Crippen molar-refractivity contribution in [1.82, 2.24) is 9.88 Å². The summed E-state index contributed by atoms with van der Waals surface area (Å²) in [7, 11) is 0. The minimum Gasteiger partial charge on any atom is -0.480 e. The van der Waals surface area contributed by atoms with Gasteiger partial charge in [-0.1, -0.05) is 6.07 Å². The molecule has 1 unspecified atom stereocenters. The van der Waals surface area contributed by atoms with E-state index >= 15 is 0 Å². The van der Waals surface area contributed by atoms with E-state index in [1.54, 1.807) is 17.5 Å². The Hall–Kier alpha value is -2.26. The number of amides is 2. The summed E-state index contributed by atoms with van der Waals surface area (Å²) in [5.74, 6) is -1.45. The summed E-state index contributed by atoms with van der Waals surface area (Å²) in [6.45, 7) is 0.460. The smallest absolute Gasteiger partial charge is 0.326 e. The lowest BCUT2D eigenvalue weighted by atomic mass is 10.2. The van der Waals surface area contributed by atoms with Gasteiger partial charge in [0.15, 0.2) is 5.13 Å². The highest BCUT2D eigenvalue weighted by Gasteiger charge is 2.33. The normalized spacial score (nSPS) is 17.0. The third-order valence-corrected chi connectivity index (χ3v) is 5.38. The molecule has 0 bridgehead atoms. The van der Waals surface area contributed by atoms with Crippen molar-refractivity contribution >= 4 is 45.6 Å². The molecule has 9 heteroatoms. The van der Waals surface area contributed by atoms with Gasteiger partial charge in [0.1, 0.15) is 6.04 Å². The number of aliphatic carboxylic acids is 1. The van der Waals surface area contributed by atoms with Gasteiger partial charge in [0.25, 0.3) is 5.91 Å². The van der Waals surface area contributed by atoms with Crippen LogP contribution in [0, 0.1) is 0 Å². The van der Waals surface area contributed by atoms with Crippen molar-refractivity contribution < 1.29 is 19.5 Å². The summed E-state index contributed by atoms with van der Waals surface area (Å²) in [5.41, 5.74) is 0.530. The summed E-state index contributed by atoms with van der Waals surface area (Å²) in [6.07, 6.45) is 1.22. The summed E-state index contributed by atoms with van der Waals surface area (Å²) < 4.78 is 0. The van der Waals surface area contributed by atoms with Crippen LogP contribution in [0.15, 0.2) is 22.9 Å². The lowest BCUT2D eigenvalue weighted by Crippen LogP contribution is -2.41. The molecule has 1 saturated heterocycles. The van der Waals surface area contributed by atoms with Crippen molar-refractivity contribution in [3.63, 3.8) is 0 Å². The maximum atomic E-state index is 12.3. The molecule has 1 fully saturated rings. The largest absolute Gasteiger partial charge is 0.480 e. The van der Waals surface area contributed by atoms with E-state index in [0.29, 0.717) is 35.1 Å². The van der Waals surface area contributed by atoms with Gasteiger partial charge in [0.05, 0.1) is 17.0 Å². The van der Waals surface area contributed by atoms with Crippen molar-refractivity contribution in [1.29, 1.82) is 0 Å². The third-order valence-electron chi connectivity index (χ3n) is 3.71. The highest BCUT2D eigenvalue weighted by molar-refractivity contribution is 7.14. The molecule has 3 heterocycles. The van der Waals surface area contributed by atoms with Crippen molar-refractivity contribution in [2.45, 2.75) is 25.3 Å². The topological polar surface area (TPSA) is 99.6 Å². The van der Waals surface area contributed by atoms with Crippen LogP contribution in [0.5, 0.6) is 0 Å². The molecular weight excluding hydrogens is 350 g/mol. The molecule has 2 amide bonds. The number of carboxylic acid groups (broad SMARTS) is 1. The van der Waals surface area contributed by atoms with Gasteiger partial charge in [-0.3, -0.25) is 14.9 Å². The number of likely N-dealkylation sites (tertiary alicyclic amines) is 1. The standard InChI is InChI=1S/C15H15N3O4S2/c19-12(18-5-1-3-10(18)14(21)22)7-9-8-24-15(16-9)17-13(20)11-4-2-6-23-11/h2,4,6,8,10H,1,3,5,7H2,(H,21,22)(H,16,17,20). The molecule has 3 rings (SSSR count). The summed E-state index contributed by atoms with van der Waals surface area (Å²) in [4.78, 5) is 41.6. The third kappa shape index (κ3) is 3.62. The molecule has 24 heavy (non-hydrogen) atoms. The number of anilines is 1. The van der Waals surface area contributed by atoms with Crippen molar-refractivity contribution in [3.8, 4) is 0 Å². The van der Waals surface area contributed by atoms with Crippen LogP contribution in [0.2, 0.25) is 0 Å². The molecule has 2 N–H and O–H groups in total. The van der Waals surface area contributed by atoms with Crippen LogP contribution >= 0.6 is 22.7 Å². The number of thiophene rings is 1. The number of rotatable bonds is 5. The van der Waals surface area contributed by atoms with Crippen LogP contribution < -0.4 is 5.32 Å². The molecule has 2 aromatic rings. The maximum absolute atomic E-state index is 12.3. The van der Waals surface area contributed by atoms with Crippen LogP contribution in [0.25, 0.3) is 0 Å². The minimum absolute atomic E-state index is 0.0369. The first kappa shape index (κ1) is 16.6. The van der Waals surface area contributed by atoms with E-state index in [0.717, 1.165) is 0 Å². The molecule has 0 aliphatic carbocycles. The number of thiazole rings is 1. The first-order valence-corrected chi connectivity index (χ1v) is 9.12. The first-order valence-electron chi connectivity index (χ1n) is 7.36. The predicted molar refractivity (Wildman–Crippen MR) is 90.5 cm³/mol. The Bertz CT molecular complexity index is 757. The van der Waals surface area contributed by atoms with Gasteiger partial charge in [0.2, 0.25) is 5.91 Å². The van der Waals surface area contributed by atoms with Crippen LogP contribution in [-0.2, 0) is 16.0 Å². The molecule has 1 atom stereocenters. The Morgan fingerprint density at radius 1 is 1.38 bits per heavy atom. The van der Waals surface area contributed by atoms with E-state index in [9.17, 15) is 14.4 Å². The summed E-state index contributed by atoms with van der Waals surface area (Å²) in [6, 6.07) is 2.77. The number of hydrogen-bond donors (Lipinski definition) is 2. The average Bonchev–Trinajstić information content (AvgIpc) is 3.28. The van der Waals surface area contributed by atoms with Gasteiger partial charge in [-0.2, -0.15) is 0 Å². The summed E-state index contributed by atoms with van der Waals surface area (Å²) >= 11 is 2.58. The number of carbonyl (C=O) groups excluding carboxylic acids is 2. The van der Waals surface area contributed by atoms with Gasteiger partial charge in [-0.05, 0) is 24.3 Å². The molecule has 7 nitrogen and oxygen atoms in total. The highest BCUT2D eigenvalue weighted by Crippen LogP contribution is 2.21. The second-order valence-corrected chi connectivity index (χ2v) is 7.14.